The molecule has 4 heteroatoms. The van der Waals surface area contributed by atoms with Crippen molar-refractivity contribution in [2.45, 2.75) is 45.6 Å². The van der Waals surface area contributed by atoms with Gasteiger partial charge in [0.25, 0.3) is 0 Å². The molecule has 3 nitrogen and oxygen atoms in total. The average molecular weight is 308 g/mol. The summed E-state index contributed by atoms with van der Waals surface area (Å²) >= 11 is 0.0642. The molecule has 2 aromatic rings. The van der Waals surface area contributed by atoms with Crippen LogP contribution in [-0.4, -0.2) is 29.0 Å². The van der Waals surface area contributed by atoms with Crippen LogP contribution in [0.4, 0.5) is 5.69 Å². The molecule has 0 radical (unpaired) electrons. The molecule has 0 spiro atoms. The topological polar surface area (TPSA) is 37.8 Å². The monoisotopic (exact) mass is 309 g/mol. The molecule has 1 aliphatic rings. The third kappa shape index (κ3) is 2.45. The van der Waals surface area contributed by atoms with E-state index in [2.05, 4.69) is 45.3 Å². The van der Waals surface area contributed by atoms with E-state index in [1.807, 2.05) is 0 Å². The Kier molecular flexibility index (Phi) is 3.16. The van der Waals surface area contributed by atoms with E-state index in [1.54, 1.807) is 0 Å². The first-order valence-electron chi connectivity index (χ1n) is 6.62. The normalized spacial score (nSPS) is 20.1. The van der Waals surface area contributed by atoms with Gasteiger partial charge in [-0.05, 0) is 0 Å². The molecule has 1 fully saturated rings. The first kappa shape index (κ1) is 12.2. The van der Waals surface area contributed by atoms with Crippen LogP contribution in [0.3, 0.4) is 0 Å². The van der Waals surface area contributed by atoms with Gasteiger partial charge in [-0.15, -0.1) is 0 Å². The number of benzene rings is 1. The van der Waals surface area contributed by atoms with Crippen molar-refractivity contribution in [3.8, 4) is 0 Å². The number of nitrogens with zero attached hydrogens (tertiary/aromatic N) is 2. The van der Waals surface area contributed by atoms with Crippen LogP contribution in [0.15, 0.2) is 18.2 Å². The van der Waals surface area contributed by atoms with Crippen LogP contribution in [0, 0.1) is 5.41 Å². The molecule has 1 aromatic heterocycles. The van der Waals surface area contributed by atoms with Gasteiger partial charge in [-0.1, -0.05) is 0 Å². The van der Waals surface area contributed by atoms with Crippen LogP contribution in [0.2, 0.25) is 0 Å². The zero-order valence-corrected chi connectivity index (χ0v) is 12.7. The standard InChI is InChI=1S/C14H19N3Se/c1-14(2)8-6-10(7-9-14)15-11-4-3-5-12-13(11)17-18-16-12/h3-5,10,15H,6-9H2,1-2H3. The van der Waals surface area contributed by atoms with Crippen molar-refractivity contribution in [3.63, 3.8) is 0 Å². The Morgan fingerprint density at radius 3 is 2.78 bits per heavy atom. The first-order valence-corrected chi connectivity index (χ1v) is 8.15. The van der Waals surface area contributed by atoms with Crippen LogP contribution in [-0.2, 0) is 0 Å². The minimum absolute atomic E-state index is 0.0642. The zero-order valence-electron chi connectivity index (χ0n) is 10.9. The second-order valence-corrected chi connectivity index (χ2v) is 7.13. The summed E-state index contributed by atoms with van der Waals surface area (Å²) < 4.78 is 8.96. The van der Waals surface area contributed by atoms with Crippen molar-refractivity contribution in [2.24, 2.45) is 5.41 Å². The number of nitrogens with one attached hydrogen (secondary N) is 1. The predicted molar refractivity (Wildman–Crippen MR) is 76.1 cm³/mol. The van der Waals surface area contributed by atoms with Gasteiger partial charge in [0, 0.05) is 0 Å². The second kappa shape index (κ2) is 4.67. The number of fused-ring (bicyclic) bond motifs is 1. The van der Waals surface area contributed by atoms with Gasteiger partial charge in [-0.3, -0.25) is 0 Å². The summed E-state index contributed by atoms with van der Waals surface area (Å²) in [7, 11) is 0. The van der Waals surface area contributed by atoms with E-state index in [0.717, 1.165) is 11.0 Å². The van der Waals surface area contributed by atoms with Gasteiger partial charge in [0.05, 0.1) is 0 Å². The van der Waals surface area contributed by atoms with Gasteiger partial charge in [-0.25, -0.2) is 0 Å². The Labute approximate surface area is 114 Å². The van der Waals surface area contributed by atoms with Crippen LogP contribution in [0.1, 0.15) is 39.5 Å². The van der Waals surface area contributed by atoms with E-state index in [-0.39, 0.29) is 15.0 Å². The van der Waals surface area contributed by atoms with Gasteiger partial charge in [0.15, 0.2) is 0 Å². The molecule has 1 aromatic carbocycles. The first-order chi connectivity index (χ1) is 8.64. The van der Waals surface area contributed by atoms with E-state index >= 15 is 0 Å². The van der Waals surface area contributed by atoms with E-state index in [1.165, 1.54) is 31.4 Å². The van der Waals surface area contributed by atoms with Crippen molar-refractivity contribution in [1.29, 1.82) is 0 Å². The van der Waals surface area contributed by atoms with E-state index < -0.39 is 0 Å². The van der Waals surface area contributed by atoms with Gasteiger partial charge in [-0.2, -0.15) is 0 Å². The summed E-state index contributed by atoms with van der Waals surface area (Å²) in [5.74, 6) is 0. The summed E-state index contributed by atoms with van der Waals surface area (Å²) in [4.78, 5) is 0. The molecular formula is C14H19N3Se. The third-order valence-corrected chi connectivity index (χ3v) is 5.12. The molecule has 0 aliphatic heterocycles. The van der Waals surface area contributed by atoms with Crippen LogP contribution >= 0.6 is 0 Å². The molecule has 0 saturated heterocycles. The summed E-state index contributed by atoms with van der Waals surface area (Å²) in [6.45, 7) is 4.75. The third-order valence-electron chi connectivity index (χ3n) is 3.98. The summed E-state index contributed by atoms with van der Waals surface area (Å²) in [6, 6.07) is 6.88. The van der Waals surface area contributed by atoms with Gasteiger partial charge in [0.2, 0.25) is 0 Å². The molecule has 96 valence electrons. The second-order valence-electron chi connectivity index (χ2n) is 6.02. The molecule has 0 bridgehead atoms. The Balaban J connectivity index is 1.75. The molecule has 1 N–H and O–H groups in total. The molecule has 0 atom stereocenters. The fourth-order valence-corrected chi connectivity index (χ4v) is 3.84. The van der Waals surface area contributed by atoms with Crippen molar-refractivity contribution in [1.82, 2.24) is 7.96 Å². The van der Waals surface area contributed by atoms with Crippen molar-refractivity contribution < 1.29 is 0 Å². The molecule has 1 saturated carbocycles. The van der Waals surface area contributed by atoms with Gasteiger partial charge in [0.1, 0.15) is 0 Å². The fourth-order valence-electron chi connectivity index (χ4n) is 2.69. The number of aromatic nitrogens is 2. The Morgan fingerprint density at radius 1 is 1.22 bits per heavy atom. The van der Waals surface area contributed by atoms with Crippen molar-refractivity contribution >= 4 is 31.7 Å². The Morgan fingerprint density at radius 2 is 2.00 bits per heavy atom. The van der Waals surface area contributed by atoms with Crippen molar-refractivity contribution in [3.05, 3.63) is 18.2 Å². The van der Waals surface area contributed by atoms with Gasteiger partial charge >= 0.3 is 114 Å². The van der Waals surface area contributed by atoms with Gasteiger partial charge < -0.3 is 0 Å². The SMILES string of the molecule is CC1(C)CCC(Nc2cccc3n[se]nc23)CC1. The molecule has 3 rings (SSSR count). The molecule has 1 heterocycles. The molecular weight excluding hydrogens is 289 g/mol. The molecule has 0 unspecified atom stereocenters. The van der Waals surface area contributed by atoms with E-state index in [9.17, 15) is 0 Å². The number of anilines is 1. The number of hydrogen-bond acceptors (Lipinski definition) is 3. The minimum atomic E-state index is 0.0642. The fraction of sp³-hybridized carbons (Fsp3) is 0.571. The number of rotatable bonds is 2. The van der Waals surface area contributed by atoms with E-state index in [0.29, 0.717) is 11.5 Å². The maximum atomic E-state index is 4.53. The Bertz CT molecular complexity index is 537. The van der Waals surface area contributed by atoms with Crippen LogP contribution < -0.4 is 5.32 Å². The predicted octanol–water partition coefficient (Wildman–Crippen LogP) is 3.07. The van der Waals surface area contributed by atoms with E-state index in [4.69, 9.17) is 0 Å². The van der Waals surface area contributed by atoms with Crippen LogP contribution in [0.5, 0.6) is 0 Å². The zero-order chi connectivity index (χ0) is 12.6. The maximum absolute atomic E-state index is 4.53. The summed E-state index contributed by atoms with van der Waals surface area (Å²) in [6.07, 6.45) is 5.15. The molecule has 18 heavy (non-hydrogen) atoms. The quantitative estimate of drug-likeness (QED) is 0.867. The summed E-state index contributed by atoms with van der Waals surface area (Å²) in [5.41, 5.74) is 3.86. The van der Waals surface area contributed by atoms with Crippen molar-refractivity contribution in [2.75, 3.05) is 5.32 Å². The number of hydrogen-bond donors (Lipinski definition) is 1. The molecule has 1 aliphatic carbocycles. The summed E-state index contributed by atoms with van der Waals surface area (Å²) in [5, 5.41) is 3.68. The Hall–Kier alpha value is -0.861. The van der Waals surface area contributed by atoms with Crippen LogP contribution in [0.25, 0.3) is 11.0 Å². The average Bonchev–Trinajstić information content (AvgIpc) is 2.81. The molecule has 0 amide bonds.